The molecule has 1 atom stereocenters. The zero-order valence-corrected chi connectivity index (χ0v) is 11.3. The Morgan fingerprint density at radius 1 is 1.25 bits per heavy atom. The first-order valence-corrected chi connectivity index (χ1v) is 7.02. The van der Waals surface area contributed by atoms with E-state index in [1.54, 1.807) is 0 Å². The van der Waals surface area contributed by atoms with E-state index in [2.05, 4.69) is 26.1 Å². The molecule has 1 unspecified atom stereocenters. The van der Waals surface area contributed by atoms with Crippen LogP contribution >= 0.6 is 0 Å². The molecule has 1 saturated carbocycles. The SMILES string of the molecule is CCC(C)(CC)NCC(O)CC1CCCC1. The summed E-state index contributed by atoms with van der Waals surface area (Å²) in [5, 5.41) is 13.5. The molecule has 2 heteroatoms. The van der Waals surface area contributed by atoms with Crippen molar-refractivity contribution in [2.24, 2.45) is 5.92 Å². The van der Waals surface area contributed by atoms with Crippen molar-refractivity contribution < 1.29 is 5.11 Å². The summed E-state index contributed by atoms with van der Waals surface area (Å²) in [4.78, 5) is 0. The number of rotatable bonds is 7. The van der Waals surface area contributed by atoms with E-state index in [4.69, 9.17) is 0 Å². The van der Waals surface area contributed by atoms with E-state index in [1.807, 2.05) is 0 Å². The Bertz CT molecular complexity index is 183. The normalized spacial score (nSPS) is 20.2. The third-order valence-electron chi connectivity index (χ3n) is 4.41. The average Bonchev–Trinajstić information content (AvgIpc) is 2.79. The second-order valence-electron chi connectivity index (χ2n) is 5.69. The molecule has 2 N–H and O–H groups in total. The van der Waals surface area contributed by atoms with E-state index < -0.39 is 0 Å². The number of aliphatic hydroxyl groups is 1. The predicted molar refractivity (Wildman–Crippen MR) is 69.6 cm³/mol. The van der Waals surface area contributed by atoms with Crippen molar-refractivity contribution in [1.29, 1.82) is 0 Å². The maximum Gasteiger partial charge on any atom is 0.0667 e. The van der Waals surface area contributed by atoms with E-state index in [-0.39, 0.29) is 11.6 Å². The predicted octanol–water partition coefficient (Wildman–Crippen LogP) is 3.10. The lowest BCUT2D eigenvalue weighted by molar-refractivity contribution is 0.127. The van der Waals surface area contributed by atoms with Crippen LogP contribution in [-0.4, -0.2) is 23.3 Å². The van der Waals surface area contributed by atoms with Gasteiger partial charge in [0, 0.05) is 12.1 Å². The average molecular weight is 227 g/mol. The fraction of sp³-hybridized carbons (Fsp3) is 1.00. The van der Waals surface area contributed by atoms with Crippen LogP contribution in [0.15, 0.2) is 0 Å². The molecule has 1 aliphatic rings. The molecule has 0 radical (unpaired) electrons. The van der Waals surface area contributed by atoms with Gasteiger partial charge in [0.25, 0.3) is 0 Å². The summed E-state index contributed by atoms with van der Waals surface area (Å²) in [7, 11) is 0. The summed E-state index contributed by atoms with van der Waals surface area (Å²) < 4.78 is 0. The molecule has 2 nitrogen and oxygen atoms in total. The van der Waals surface area contributed by atoms with Gasteiger partial charge in [0.2, 0.25) is 0 Å². The second-order valence-corrected chi connectivity index (χ2v) is 5.69. The molecule has 0 aromatic heterocycles. The molecular formula is C14H29NO. The first-order chi connectivity index (χ1) is 7.59. The third-order valence-corrected chi connectivity index (χ3v) is 4.41. The molecule has 0 heterocycles. The lowest BCUT2D eigenvalue weighted by Crippen LogP contribution is -2.45. The molecule has 1 fully saturated rings. The van der Waals surface area contributed by atoms with Crippen LogP contribution in [0.1, 0.15) is 65.7 Å². The van der Waals surface area contributed by atoms with Crippen LogP contribution in [0.2, 0.25) is 0 Å². The zero-order chi connectivity index (χ0) is 12.0. The van der Waals surface area contributed by atoms with Gasteiger partial charge < -0.3 is 10.4 Å². The molecule has 1 aliphatic carbocycles. The molecular weight excluding hydrogens is 198 g/mol. The summed E-state index contributed by atoms with van der Waals surface area (Å²) in [6.07, 6.45) is 8.49. The van der Waals surface area contributed by atoms with Crippen molar-refractivity contribution >= 4 is 0 Å². The van der Waals surface area contributed by atoms with Gasteiger partial charge in [0.1, 0.15) is 0 Å². The van der Waals surface area contributed by atoms with Gasteiger partial charge in [0.05, 0.1) is 6.10 Å². The summed E-state index contributed by atoms with van der Waals surface area (Å²) in [5.41, 5.74) is 0.205. The maximum absolute atomic E-state index is 10.0. The Hall–Kier alpha value is -0.0800. The maximum atomic E-state index is 10.0. The highest BCUT2D eigenvalue weighted by Gasteiger charge is 2.22. The van der Waals surface area contributed by atoms with Crippen LogP contribution < -0.4 is 5.32 Å². The van der Waals surface area contributed by atoms with Crippen LogP contribution in [0, 0.1) is 5.92 Å². The van der Waals surface area contributed by atoms with Gasteiger partial charge in [-0.25, -0.2) is 0 Å². The minimum atomic E-state index is -0.152. The lowest BCUT2D eigenvalue weighted by Gasteiger charge is -2.30. The number of nitrogens with one attached hydrogen (secondary N) is 1. The van der Waals surface area contributed by atoms with Crippen molar-refractivity contribution in [1.82, 2.24) is 5.32 Å². The van der Waals surface area contributed by atoms with Crippen molar-refractivity contribution in [2.45, 2.75) is 77.4 Å². The Kier molecular flexibility index (Phi) is 5.77. The number of β-amino-alcohol motifs (C(OH)–C–C–N with tert-alkyl or cyclic N) is 1. The Morgan fingerprint density at radius 2 is 1.81 bits per heavy atom. The zero-order valence-electron chi connectivity index (χ0n) is 11.3. The van der Waals surface area contributed by atoms with Gasteiger partial charge >= 0.3 is 0 Å². The molecule has 16 heavy (non-hydrogen) atoms. The number of aliphatic hydroxyl groups excluding tert-OH is 1. The molecule has 1 rings (SSSR count). The first kappa shape index (κ1) is 14.0. The number of hydrogen-bond acceptors (Lipinski definition) is 2. The van der Waals surface area contributed by atoms with Crippen LogP contribution in [0.3, 0.4) is 0 Å². The topological polar surface area (TPSA) is 32.3 Å². The van der Waals surface area contributed by atoms with E-state index in [9.17, 15) is 5.11 Å². The molecule has 0 aromatic carbocycles. The highest BCUT2D eigenvalue weighted by molar-refractivity contribution is 4.81. The van der Waals surface area contributed by atoms with Crippen LogP contribution in [0.5, 0.6) is 0 Å². The van der Waals surface area contributed by atoms with Gasteiger partial charge in [-0.05, 0) is 32.1 Å². The fourth-order valence-corrected chi connectivity index (χ4v) is 2.58. The molecule has 0 aromatic rings. The number of hydrogen-bond donors (Lipinski definition) is 2. The highest BCUT2D eigenvalue weighted by Crippen LogP contribution is 2.28. The Balaban J connectivity index is 2.20. The smallest absolute Gasteiger partial charge is 0.0667 e. The summed E-state index contributed by atoms with van der Waals surface area (Å²) in [5.74, 6) is 0.784. The molecule has 0 amide bonds. The quantitative estimate of drug-likeness (QED) is 0.700. The summed E-state index contributed by atoms with van der Waals surface area (Å²) >= 11 is 0. The monoisotopic (exact) mass is 227 g/mol. The minimum absolute atomic E-state index is 0.152. The second kappa shape index (κ2) is 6.61. The molecule has 96 valence electrons. The standard InChI is InChI=1S/C14H29NO/c1-4-14(3,5-2)15-11-13(16)10-12-8-6-7-9-12/h12-13,15-16H,4-11H2,1-3H3. The van der Waals surface area contributed by atoms with E-state index >= 15 is 0 Å². The van der Waals surface area contributed by atoms with Gasteiger partial charge in [-0.3, -0.25) is 0 Å². The summed E-state index contributed by atoms with van der Waals surface area (Å²) in [6, 6.07) is 0. The van der Waals surface area contributed by atoms with Crippen molar-refractivity contribution in [3.8, 4) is 0 Å². The molecule has 0 aliphatic heterocycles. The van der Waals surface area contributed by atoms with Gasteiger partial charge in [-0.2, -0.15) is 0 Å². The summed E-state index contributed by atoms with van der Waals surface area (Å²) in [6.45, 7) is 7.42. The first-order valence-electron chi connectivity index (χ1n) is 7.02. The Labute approximate surface area is 101 Å². The Morgan fingerprint density at radius 3 is 2.31 bits per heavy atom. The van der Waals surface area contributed by atoms with Crippen molar-refractivity contribution in [3.05, 3.63) is 0 Å². The lowest BCUT2D eigenvalue weighted by atomic mass is 9.94. The van der Waals surface area contributed by atoms with Gasteiger partial charge in [-0.1, -0.05) is 39.5 Å². The van der Waals surface area contributed by atoms with Crippen LogP contribution in [0.25, 0.3) is 0 Å². The van der Waals surface area contributed by atoms with Crippen LogP contribution in [-0.2, 0) is 0 Å². The highest BCUT2D eigenvalue weighted by atomic mass is 16.3. The fourth-order valence-electron chi connectivity index (χ4n) is 2.58. The van der Waals surface area contributed by atoms with E-state index in [0.717, 1.165) is 31.7 Å². The largest absolute Gasteiger partial charge is 0.392 e. The molecule has 0 spiro atoms. The van der Waals surface area contributed by atoms with Crippen molar-refractivity contribution in [2.75, 3.05) is 6.54 Å². The van der Waals surface area contributed by atoms with Crippen LogP contribution in [0.4, 0.5) is 0 Å². The van der Waals surface area contributed by atoms with E-state index in [1.165, 1.54) is 25.7 Å². The van der Waals surface area contributed by atoms with Gasteiger partial charge in [-0.15, -0.1) is 0 Å². The van der Waals surface area contributed by atoms with Crippen molar-refractivity contribution in [3.63, 3.8) is 0 Å². The van der Waals surface area contributed by atoms with Gasteiger partial charge in [0.15, 0.2) is 0 Å². The molecule has 0 bridgehead atoms. The molecule has 0 saturated heterocycles. The van der Waals surface area contributed by atoms with E-state index in [0.29, 0.717) is 0 Å². The third kappa shape index (κ3) is 4.42. The minimum Gasteiger partial charge on any atom is -0.392 e.